The molecule has 1 unspecified atom stereocenters. The Morgan fingerprint density at radius 2 is 2.23 bits per heavy atom. The van der Waals surface area contributed by atoms with Crippen LogP contribution in [0.25, 0.3) is 0 Å². The third-order valence-corrected chi connectivity index (χ3v) is 3.51. The van der Waals surface area contributed by atoms with E-state index in [4.69, 9.17) is 4.74 Å². The van der Waals surface area contributed by atoms with Gasteiger partial charge in [-0.25, -0.2) is 4.79 Å². The third kappa shape index (κ3) is 5.60. The number of aromatic nitrogens is 2. The molecule has 0 spiro atoms. The first kappa shape index (κ1) is 16.7. The van der Waals surface area contributed by atoms with E-state index in [0.29, 0.717) is 13.1 Å². The van der Waals surface area contributed by atoms with E-state index in [9.17, 15) is 4.79 Å². The van der Waals surface area contributed by atoms with Crippen molar-refractivity contribution in [2.75, 3.05) is 13.1 Å². The summed E-state index contributed by atoms with van der Waals surface area (Å²) in [5, 5.41) is 3.47. The highest BCUT2D eigenvalue weighted by molar-refractivity contribution is 5.68. The largest absolute Gasteiger partial charge is 0.444 e. The van der Waals surface area contributed by atoms with Crippen LogP contribution < -0.4 is 5.32 Å². The Labute approximate surface area is 132 Å². The predicted molar refractivity (Wildman–Crippen MR) is 84.3 cm³/mol. The molecular weight excluding hydrogens is 280 g/mol. The number of amides is 1. The van der Waals surface area contributed by atoms with Crippen molar-refractivity contribution in [3.8, 4) is 0 Å². The van der Waals surface area contributed by atoms with Crippen molar-refractivity contribution in [3.63, 3.8) is 0 Å². The zero-order valence-corrected chi connectivity index (χ0v) is 13.7. The minimum atomic E-state index is -0.452. The molecular formula is C16H26N4O2. The zero-order chi connectivity index (χ0) is 16.0. The molecule has 0 saturated carbocycles. The average Bonchev–Trinajstić information content (AvgIpc) is 2.70. The van der Waals surface area contributed by atoms with Gasteiger partial charge >= 0.3 is 6.09 Å². The van der Waals surface area contributed by atoms with Gasteiger partial charge in [0.15, 0.2) is 0 Å². The van der Waals surface area contributed by atoms with Crippen molar-refractivity contribution in [3.05, 3.63) is 24.3 Å². The van der Waals surface area contributed by atoms with Crippen LogP contribution in [0.2, 0.25) is 0 Å². The van der Waals surface area contributed by atoms with Crippen molar-refractivity contribution in [1.82, 2.24) is 20.2 Å². The minimum Gasteiger partial charge on any atom is -0.444 e. The molecule has 2 heterocycles. The maximum absolute atomic E-state index is 12.2. The number of carbonyl (C=O) groups excluding carboxylic acids is 1. The first-order valence-corrected chi connectivity index (χ1v) is 7.90. The molecule has 0 radical (unpaired) electrons. The van der Waals surface area contributed by atoms with Crippen LogP contribution >= 0.6 is 0 Å². The van der Waals surface area contributed by atoms with Crippen LogP contribution in [0.5, 0.6) is 0 Å². The minimum absolute atomic E-state index is 0.222. The fourth-order valence-electron chi connectivity index (χ4n) is 2.47. The quantitative estimate of drug-likeness (QED) is 0.928. The van der Waals surface area contributed by atoms with Crippen LogP contribution in [0, 0.1) is 0 Å². The van der Waals surface area contributed by atoms with E-state index in [-0.39, 0.29) is 12.1 Å². The number of carbonyl (C=O) groups is 1. The van der Waals surface area contributed by atoms with Crippen LogP contribution in [-0.4, -0.2) is 45.7 Å². The molecule has 1 aliphatic rings. The number of nitrogens with zero attached hydrogens (tertiary/aromatic N) is 3. The first-order valence-electron chi connectivity index (χ1n) is 7.90. The van der Waals surface area contributed by atoms with Gasteiger partial charge in [0.1, 0.15) is 5.60 Å². The van der Waals surface area contributed by atoms with Gasteiger partial charge < -0.3 is 15.0 Å². The Kier molecular flexibility index (Phi) is 5.71. The van der Waals surface area contributed by atoms with Gasteiger partial charge in [0, 0.05) is 44.3 Å². The molecule has 1 fully saturated rings. The molecule has 1 aliphatic heterocycles. The van der Waals surface area contributed by atoms with Gasteiger partial charge in [0.2, 0.25) is 0 Å². The summed E-state index contributed by atoms with van der Waals surface area (Å²) in [6.07, 6.45) is 8.08. The van der Waals surface area contributed by atoms with Crippen molar-refractivity contribution in [1.29, 1.82) is 0 Å². The maximum atomic E-state index is 12.2. The second-order valence-electron chi connectivity index (χ2n) is 6.70. The van der Waals surface area contributed by atoms with Gasteiger partial charge in [0.25, 0.3) is 0 Å². The van der Waals surface area contributed by atoms with Crippen molar-refractivity contribution in [2.24, 2.45) is 0 Å². The smallest absolute Gasteiger partial charge is 0.410 e. The SMILES string of the molecule is CC(C)(C)OC(=O)N1CCCCC(NCc2cnccn2)C1. The molecule has 0 aromatic carbocycles. The number of likely N-dealkylation sites (tertiary alicyclic amines) is 1. The third-order valence-electron chi connectivity index (χ3n) is 3.51. The number of hydrogen-bond acceptors (Lipinski definition) is 5. The molecule has 2 rings (SSSR count). The van der Waals surface area contributed by atoms with Crippen LogP contribution in [0.3, 0.4) is 0 Å². The molecule has 1 N–H and O–H groups in total. The van der Waals surface area contributed by atoms with Gasteiger partial charge in [-0.3, -0.25) is 9.97 Å². The van der Waals surface area contributed by atoms with E-state index >= 15 is 0 Å². The molecule has 0 aliphatic carbocycles. The lowest BCUT2D eigenvalue weighted by Crippen LogP contribution is -2.44. The molecule has 1 aromatic heterocycles. The molecule has 1 amide bonds. The monoisotopic (exact) mass is 306 g/mol. The summed E-state index contributed by atoms with van der Waals surface area (Å²) in [7, 11) is 0. The average molecular weight is 306 g/mol. The van der Waals surface area contributed by atoms with Gasteiger partial charge in [-0.1, -0.05) is 6.42 Å². The van der Waals surface area contributed by atoms with E-state index in [1.54, 1.807) is 18.6 Å². The highest BCUT2D eigenvalue weighted by Crippen LogP contribution is 2.15. The van der Waals surface area contributed by atoms with E-state index < -0.39 is 5.60 Å². The second-order valence-corrected chi connectivity index (χ2v) is 6.70. The number of nitrogens with one attached hydrogen (secondary N) is 1. The summed E-state index contributed by atoms with van der Waals surface area (Å²) < 4.78 is 5.48. The Bertz CT molecular complexity index is 473. The predicted octanol–water partition coefficient (Wildman–Crippen LogP) is 2.36. The van der Waals surface area contributed by atoms with Crippen LogP contribution in [0.4, 0.5) is 4.79 Å². The molecule has 1 aromatic rings. The van der Waals surface area contributed by atoms with E-state index in [1.807, 2.05) is 25.7 Å². The van der Waals surface area contributed by atoms with Gasteiger partial charge in [-0.2, -0.15) is 0 Å². The lowest BCUT2D eigenvalue weighted by molar-refractivity contribution is 0.0243. The van der Waals surface area contributed by atoms with E-state index in [1.165, 1.54) is 0 Å². The van der Waals surface area contributed by atoms with Crippen molar-refractivity contribution >= 4 is 6.09 Å². The van der Waals surface area contributed by atoms with Crippen LogP contribution in [0.1, 0.15) is 45.7 Å². The van der Waals surface area contributed by atoms with Gasteiger partial charge in [-0.15, -0.1) is 0 Å². The topological polar surface area (TPSA) is 67.3 Å². The summed E-state index contributed by atoms with van der Waals surface area (Å²) in [5.74, 6) is 0. The molecule has 22 heavy (non-hydrogen) atoms. The summed E-state index contributed by atoms with van der Waals surface area (Å²) in [6.45, 7) is 7.79. The van der Waals surface area contributed by atoms with Gasteiger partial charge in [-0.05, 0) is 33.6 Å². The van der Waals surface area contributed by atoms with Crippen LogP contribution in [0.15, 0.2) is 18.6 Å². The number of rotatable bonds is 3. The van der Waals surface area contributed by atoms with Crippen molar-refractivity contribution < 1.29 is 9.53 Å². The lowest BCUT2D eigenvalue weighted by Gasteiger charge is -2.28. The van der Waals surface area contributed by atoms with Crippen molar-refractivity contribution in [2.45, 2.75) is 58.2 Å². The second kappa shape index (κ2) is 7.54. The number of hydrogen-bond donors (Lipinski definition) is 1. The molecule has 1 saturated heterocycles. The van der Waals surface area contributed by atoms with Gasteiger partial charge in [0.05, 0.1) is 5.69 Å². The molecule has 122 valence electrons. The Balaban J connectivity index is 1.88. The van der Waals surface area contributed by atoms with Crippen LogP contribution in [-0.2, 0) is 11.3 Å². The Morgan fingerprint density at radius 1 is 1.41 bits per heavy atom. The summed E-state index contributed by atoms with van der Waals surface area (Å²) in [5.41, 5.74) is 0.460. The fraction of sp³-hybridized carbons (Fsp3) is 0.688. The molecule has 6 heteroatoms. The highest BCUT2D eigenvalue weighted by Gasteiger charge is 2.26. The molecule has 6 nitrogen and oxygen atoms in total. The Hall–Kier alpha value is -1.69. The van der Waals surface area contributed by atoms with E-state index in [0.717, 1.165) is 31.5 Å². The standard InChI is InChI=1S/C16H26N4O2/c1-16(2,3)22-15(21)20-9-5-4-6-13(12-20)19-11-14-10-17-7-8-18-14/h7-8,10,13,19H,4-6,9,11-12H2,1-3H3. The normalized spacial score (nSPS) is 19.6. The summed E-state index contributed by atoms with van der Waals surface area (Å²) >= 11 is 0. The molecule has 1 atom stereocenters. The highest BCUT2D eigenvalue weighted by atomic mass is 16.6. The lowest BCUT2D eigenvalue weighted by atomic mass is 10.1. The summed E-state index contributed by atoms with van der Waals surface area (Å²) in [4.78, 5) is 22.4. The first-order chi connectivity index (χ1) is 10.4. The maximum Gasteiger partial charge on any atom is 0.410 e. The zero-order valence-electron chi connectivity index (χ0n) is 13.7. The summed E-state index contributed by atoms with van der Waals surface area (Å²) in [6, 6.07) is 0.261. The molecule has 0 bridgehead atoms. The van der Waals surface area contributed by atoms with E-state index in [2.05, 4.69) is 15.3 Å². The Morgan fingerprint density at radius 3 is 2.91 bits per heavy atom. The number of ether oxygens (including phenoxy) is 1. The fourth-order valence-corrected chi connectivity index (χ4v) is 2.47.